The van der Waals surface area contributed by atoms with Gasteiger partial charge in [-0.25, -0.2) is 4.79 Å². The number of para-hydroxylation sites is 2. The lowest BCUT2D eigenvalue weighted by molar-refractivity contribution is -0.171. The van der Waals surface area contributed by atoms with Crippen molar-refractivity contribution < 1.29 is 29.2 Å². The first-order valence-electron chi connectivity index (χ1n) is 15.3. The average Bonchev–Trinajstić information content (AvgIpc) is 3.48. The number of ether oxygens (including phenoxy) is 4. The van der Waals surface area contributed by atoms with Crippen LogP contribution in [0.2, 0.25) is 0 Å². The van der Waals surface area contributed by atoms with Crippen LogP contribution in [-0.2, 0) is 14.9 Å². The van der Waals surface area contributed by atoms with Crippen molar-refractivity contribution in [2.75, 3.05) is 33.9 Å². The molecule has 6 rings (SSSR count). The van der Waals surface area contributed by atoms with E-state index < -0.39 is 47.4 Å². The normalized spacial score (nSPS) is 22.8. The molecule has 2 aliphatic rings. The molecule has 2 unspecified atom stereocenters. The van der Waals surface area contributed by atoms with E-state index in [-0.39, 0.29) is 19.6 Å². The maximum atomic E-state index is 12.6. The number of aromatic nitrogens is 2. The Morgan fingerprint density at radius 1 is 0.935 bits per heavy atom. The van der Waals surface area contributed by atoms with Gasteiger partial charge in [0.05, 0.1) is 38.4 Å². The van der Waals surface area contributed by atoms with Crippen LogP contribution in [0.1, 0.15) is 34.9 Å². The van der Waals surface area contributed by atoms with Crippen LogP contribution in [0.5, 0.6) is 11.5 Å². The maximum Gasteiger partial charge on any atom is 0.330 e. The summed E-state index contributed by atoms with van der Waals surface area (Å²) >= 11 is 0. The fourth-order valence-corrected chi connectivity index (χ4v) is 6.93. The Morgan fingerprint density at radius 2 is 1.54 bits per heavy atom. The number of methoxy groups -OCH3 is 2. The molecule has 242 valence electrons. The summed E-state index contributed by atoms with van der Waals surface area (Å²) < 4.78 is 25.9. The summed E-state index contributed by atoms with van der Waals surface area (Å²) in [5.41, 5.74) is 0.910. The van der Waals surface area contributed by atoms with Crippen LogP contribution < -0.4 is 20.7 Å². The summed E-state index contributed by atoms with van der Waals surface area (Å²) in [5, 5.41) is 22.8. The molecule has 0 bridgehead atoms. The van der Waals surface area contributed by atoms with Gasteiger partial charge in [-0.3, -0.25) is 19.2 Å². The molecule has 3 heterocycles. The van der Waals surface area contributed by atoms with Gasteiger partial charge >= 0.3 is 5.69 Å². The van der Waals surface area contributed by atoms with Crippen LogP contribution in [0.4, 0.5) is 0 Å². The number of aliphatic hydroxyl groups is 2. The molecule has 0 amide bonds. The Bertz CT molecular complexity index is 1730. The number of hydrogen-bond acceptors (Lipinski definition) is 9. The van der Waals surface area contributed by atoms with Crippen LogP contribution in [0.3, 0.4) is 0 Å². The van der Waals surface area contributed by atoms with E-state index in [1.54, 1.807) is 21.1 Å². The van der Waals surface area contributed by atoms with Gasteiger partial charge in [0.1, 0.15) is 30.1 Å². The van der Waals surface area contributed by atoms with E-state index in [0.717, 1.165) is 16.7 Å². The molecule has 3 aromatic carbocycles. The predicted molar refractivity (Wildman–Crippen MR) is 170 cm³/mol. The molecule has 46 heavy (non-hydrogen) atoms. The highest BCUT2D eigenvalue weighted by molar-refractivity contribution is 5.60. The number of rotatable bonds is 9. The first-order valence-corrected chi connectivity index (χ1v) is 15.3. The topological polar surface area (TPSA) is 135 Å². The quantitative estimate of drug-likeness (QED) is 0.239. The first kappa shape index (κ1) is 31.7. The fourth-order valence-electron chi connectivity index (χ4n) is 6.93. The van der Waals surface area contributed by atoms with Crippen molar-refractivity contribution in [1.29, 1.82) is 0 Å². The fraction of sp³-hybridized carbons (Fsp3) is 0.371. The molecular formula is C35H39N3O8. The standard InChI is InChI=1S/C35H39N3O8/c1-22-20-38(34(42)36-32(22)40)30-19-26(39)31(46-30)33(41)37-17-18-45-29(21-37)35(23-11-5-4-6-12-23,24-13-7-9-15-27(24)43-2)25-14-8-10-16-28(25)44-3/h4-16,20,26,29-31,33,39,41H,17-19,21H2,1-3H3,(H,36,40,42)/t26-,29?,30+,31-,33?/m0/s1. The Balaban J connectivity index is 1.41. The number of hydrogen-bond donors (Lipinski definition) is 3. The highest BCUT2D eigenvalue weighted by Crippen LogP contribution is 2.50. The van der Waals surface area contributed by atoms with Crippen LogP contribution in [-0.4, -0.2) is 83.1 Å². The molecule has 0 radical (unpaired) electrons. The average molecular weight is 630 g/mol. The number of aromatic amines is 1. The number of nitrogens with zero attached hydrogens (tertiary/aromatic N) is 2. The molecule has 0 spiro atoms. The summed E-state index contributed by atoms with van der Waals surface area (Å²) in [5.74, 6) is 1.33. The smallest absolute Gasteiger partial charge is 0.330 e. The first-order chi connectivity index (χ1) is 22.3. The zero-order chi connectivity index (χ0) is 32.4. The minimum absolute atomic E-state index is 0.0667. The van der Waals surface area contributed by atoms with Gasteiger partial charge in [-0.2, -0.15) is 0 Å². The molecule has 2 saturated heterocycles. The van der Waals surface area contributed by atoms with Gasteiger partial charge < -0.3 is 29.2 Å². The summed E-state index contributed by atoms with van der Waals surface area (Å²) in [6, 6.07) is 25.7. The molecule has 11 nitrogen and oxygen atoms in total. The third kappa shape index (κ3) is 5.54. The predicted octanol–water partition coefficient (Wildman–Crippen LogP) is 2.56. The van der Waals surface area contributed by atoms with Gasteiger partial charge in [0.25, 0.3) is 5.56 Å². The molecule has 4 aromatic rings. The Hall–Kier alpha value is -4.26. The zero-order valence-electron chi connectivity index (χ0n) is 26.0. The summed E-state index contributed by atoms with van der Waals surface area (Å²) in [6.45, 7) is 2.49. The second kappa shape index (κ2) is 13.2. The number of morpholine rings is 1. The Morgan fingerprint density at radius 3 is 2.17 bits per heavy atom. The number of H-pyrrole nitrogens is 1. The molecule has 2 fully saturated rings. The molecular weight excluding hydrogens is 590 g/mol. The summed E-state index contributed by atoms with van der Waals surface area (Å²) in [4.78, 5) is 28.6. The minimum Gasteiger partial charge on any atom is -0.496 e. The molecule has 0 saturated carbocycles. The van der Waals surface area contributed by atoms with E-state index >= 15 is 0 Å². The van der Waals surface area contributed by atoms with Crippen molar-refractivity contribution in [3.63, 3.8) is 0 Å². The van der Waals surface area contributed by atoms with Gasteiger partial charge in [0.2, 0.25) is 0 Å². The Kier molecular flexibility index (Phi) is 9.12. The second-order valence-corrected chi connectivity index (χ2v) is 11.7. The van der Waals surface area contributed by atoms with E-state index in [9.17, 15) is 19.8 Å². The molecule has 3 N–H and O–H groups in total. The Labute approximate surface area is 266 Å². The summed E-state index contributed by atoms with van der Waals surface area (Å²) in [6.07, 6.45) is -3.27. The molecule has 0 aliphatic carbocycles. The van der Waals surface area contributed by atoms with Crippen molar-refractivity contribution in [2.45, 2.75) is 49.5 Å². The summed E-state index contributed by atoms with van der Waals surface area (Å²) in [7, 11) is 3.28. The van der Waals surface area contributed by atoms with Gasteiger partial charge in [-0.05, 0) is 24.6 Å². The monoisotopic (exact) mass is 629 g/mol. The highest BCUT2D eigenvalue weighted by atomic mass is 16.6. The lowest BCUT2D eigenvalue weighted by Crippen LogP contribution is -2.59. The van der Waals surface area contributed by atoms with Gasteiger partial charge in [0, 0.05) is 42.4 Å². The van der Waals surface area contributed by atoms with E-state index in [0.29, 0.717) is 23.6 Å². The molecule has 11 heteroatoms. The number of aryl methyl sites for hydroxylation is 1. The SMILES string of the molecule is COc1ccccc1C(c1ccccc1)(c1ccccc1OC)C1CN(C(O)[C@H]2O[C@@H](n3cc(C)c(=O)[nH]c3=O)C[C@@H]2O)CCO1. The van der Waals surface area contributed by atoms with Crippen molar-refractivity contribution in [2.24, 2.45) is 0 Å². The lowest BCUT2D eigenvalue weighted by Gasteiger charge is -2.48. The molecule has 1 aromatic heterocycles. The lowest BCUT2D eigenvalue weighted by atomic mass is 9.64. The van der Waals surface area contributed by atoms with Crippen LogP contribution in [0.25, 0.3) is 0 Å². The van der Waals surface area contributed by atoms with Crippen molar-refractivity contribution in [3.8, 4) is 11.5 Å². The maximum absolute atomic E-state index is 12.6. The minimum atomic E-state index is -1.23. The molecule has 2 aliphatic heterocycles. The van der Waals surface area contributed by atoms with E-state index in [2.05, 4.69) is 17.1 Å². The van der Waals surface area contributed by atoms with Gasteiger partial charge in [-0.15, -0.1) is 0 Å². The van der Waals surface area contributed by atoms with Crippen molar-refractivity contribution in [1.82, 2.24) is 14.5 Å². The van der Waals surface area contributed by atoms with Crippen LogP contribution in [0.15, 0.2) is 94.6 Å². The van der Waals surface area contributed by atoms with E-state index in [1.165, 1.54) is 10.8 Å². The van der Waals surface area contributed by atoms with Gasteiger partial charge in [0.15, 0.2) is 0 Å². The van der Waals surface area contributed by atoms with Gasteiger partial charge in [-0.1, -0.05) is 66.7 Å². The third-order valence-electron chi connectivity index (χ3n) is 9.13. The zero-order valence-corrected chi connectivity index (χ0v) is 26.0. The third-order valence-corrected chi connectivity index (χ3v) is 9.13. The van der Waals surface area contributed by atoms with Crippen molar-refractivity contribution in [3.05, 3.63) is 128 Å². The molecule has 5 atom stereocenters. The second-order valence-electron chi connectivity index (χ2n) is 11.7. The van der Waals surface area contributed by atoms with Crippen LogP contribution in [0, 0.1) is 6.92 Å². The number of benzene rings is 3. The number of aliphatic hydroxyl groups excluding tert-OH is 2. The van der Waals surface area contributed by atoms with Crippen molar-refractivity contribution >= 4 is 0 Å². The number of nitrogens with one attached hydrogen (secondary N) is 1. The highest BCUT2D eigenvalue weighted by Gasteiger charge is 2.51. The van der Waals surface area contributed by atoms with E-state index in [1.807, 2.05) is 71.6 Å². The van der Waals surface area contributed by atoms with Crippen LogP contribution >= 0.6 is 0 Å². The largest absolute Gasteiger partial charge is 0.496 e. The van der Waals surface area contributed by atoms with E-state index in [4.69, 9.17) is 18.9 Å².